The van der Waals surface area contributed by atoms with Crippen LogP contribution in [0, 0.1) is 11.8 Å². The second-order valence-electron chi connectivity index (χ2n) is 6.98. The first kappa shape index (κ1) is 21.5. The summed E-state index contributed by atoms with van der Waals surface area (Å²) in [7, 11) is 0. The van der Waals surface area contributed by atoms with Gasteiger partial charge in [-0.3, -0.25) is 14.4 Å². The Morgan fingerprint density at radius 2 is 1.32 bits per heavy atom. The van der Waals surface area contributed by atoms with Crippen LogP contribution in [0.4, 0.5) is 0 Å². The molecule has 1 heterocycles. The van der Waals surface area contributed by atoms with Gasteiger partial charge < -0.3 is 14.9 Å². The Kier molecular flexibility index (Phi) is 10.2. The van der Waals surface area contributed by atoms with E-state index >= 15 is 0 Å². The van der Waals surface area contributed by atoms with E-state index in [1.807, 2.05) is 0 Å². The molecule has 0 aromatic rings. The number of hydrogen-bond acceptors (Lipinski definition) is 4. The van der Waals surface area contributed by atoms with E-state index in [1.54, 1.807) is 0 Å². The Bertz CT molecular complexity index is 434. The summed E-state index contributed by atoms with van der Waals surface area (Å²) in [5, 5.41) is 18.2. The van der Waals surface area contributed by atoms with Crippen LogP contribution in [0.3, 0.4) is 0 Å². The normalized spacial score (nSPS) is 22.8. The predicted molar refractivity (Wildman–Crippen MR) is 93.2 cm³/mol. The fourth-order valence-corrected chi connectivity index (χ4v) is 3.46. The molecule has 0 saturated carbocycles. The fraction of sp³-hybridized carbons (Fsp3) is 0.842. The number of carboxylic acid groups (broad SMARTS) is 2. The Hall–Kier alpha value is -1.59. The minimum atomic E-state index is -1.57. The minimum absolute atomic E-state index is 0.420. The first-order valence-electron chi connectivity index (χ1n) is 9.65. The molecule has 1 aliphatic heterocycles. The Labute approximate surface area is 149 Å². The van der Waals surface area contributed by atoms with Crippen molar-refractivity contribution in [2.45, 2.75) is 90.1 Å². The molecule has 0 aliphatic carbocycles. The molecule has 1 saturated heterocycles. The minimum Gasteiger partial charge on any atom is -0.481 e. The first-order valence-corrected chi connectivity index (χ1v) is 9.65. The van der Waals surface area contributed by atoms with Crippen LogP contribution in [0.2, 0.25) is 0 Å². The lowest BCUT2D eigenvalue weighted by molar-refractivity contribution is -0.156. The van der Waals surface area contributed by atoms with Gasteiger partial charge in [-0.25, -0.2) is 0 Å². The van der Waals surface area contributed by atoms with Gasteiger partial charge in [-0.2, -0.15) is 0 Å². The summed E-state index contributed by atoms with van der Waals surface area (Å²) >= 11 is 0. The summed E-state index contributed by atoms with van der Waals surface area (Å²) in [6, 6.07) is 0. The van der Waals surface area contributed by atoms with Gasteiger partial charge in [0.15, 0.2) is 5.92 Å². The number of unbranched alkanes of at least 4 members (excludes halogenated alkanes) is 10. The molecule has 0 radical (unpaired) electrons. The van der Waals surface area contributed by atoms with Gasteiger partial charge in [0.2, 0.25) is 0 Å². The summed E-state index contributed by atoms with van der Waals surface area (Å²) in [6.07, 6.45) is 12.6. The van der Waals surface area contributed by atoms with Crippen LogP contribution in [0.15, 0.2) is 0 Å². The molecule has 25 heavy (non-hydrogen) atoms. The summed E-state index contributed by atoms with van der Waals surface area (Å²) in [5.74, 6) is -6.46. The Morgan fingerprint density at radius 3 is 1.76 bits per heavy atom. The van der Waals surface area contributed by atoms with E-state index in [4.69, 9.17) is 9.84 Å². The van der Waals surface area contributed by atoms with Crippen molar-refractivity contribution in [3.63, 3.8) is 0 Å². The number of aliphatic carboxylic acids is 2. The number of carbonyl (C=O) groups excluding carboxylic acids is 1. The third kappa shape index (κ3) is 7.45. The molecular formula is C19H32O6. The summed E-state index contributed by atoms with van der Waals surface area (Å²) < 4.78 is 5.00. The van der Waals surface area contributed by atoms with E-state index in [9.17, 15) is 19.5 Å². The van der Waals surface area contributed by atoms with Crippen LogP contribution in [0.5, 0.6) is 0 Å². The number of carbonyl (C=O) groups is 3. The molecule has 1 aliphatic rings. The third-order valence-corrected chi connectivity index (χ3v) is 4.92. The molecule has 0 bridgehead atoms. The van der Waals surface area contributed by atoms with Crippen molar-refractivity contribution >= 4 is 17.9 Å². The van der Waals surface area contributed by atoms with Gasteiger partial charge in [-0.1, -0.05) is 71.1 Å². The van der Waals surface area contributed by atoms with Crippen LogP contribution in [-0.4, -0.2) is 34.2 Å². The molecule has 144 valence electrons. The van der Waals surface area contributed by atoms with E-state index in [0.29, 0.717) is 6.42 Å². The molecule has 0 aromatic carbocycles. The fourth-order valence-electron chi connectivity index (χ4n) is 3.46. The highest BCUT2D eigenvalue weighted by Gasteiger charge is 2.52. The van der Waals surface area contributed by atoms with Crippen LogP contribution >= 0.6 is 0 Å². The highest BCUT2D eigenvalue weighted by atomic mass is 16.6. The maximum atomic E-state index is 11.6. The van der Waals surface area contributed by atoms with Crippen molar-refractivity contribution in [2.75, 3.05) is 0 Å². The van der Waals surface area contributed by atoms with Gasteiger partial charge in [0.05, 0.1) is 0 Å². The van der Waals surface area contributed by atoms with Crippen molar-refractivity contribution < 1.29 is 29.3 Å². The summed E-state index contributed by atoms with van der Waals surface area (Å²) in [5.41, 5.74) is 0. The zero-order valence-corrected chi connectivity index (χ0v) is 15.2. The smallest absolute Gasteiger partial charge is 0.321 e. The van der Waals surface area contributed by atoms with Crippen LogP contribution < -0.4 is 0 Å². The standard InChI is InChI=1S/C19H32O6/c1-2-3-4-5-6-7-8-9-10-11-12-13-14-15(17(20)21)16(18(22)23)19(24)25-14/h14-16H,2-13H2,1H3,(H,20,21)(H,22,23)/t14-,15-,16?/m0/s1. The largest absolute Gasteiger partial charge is 0.481 e. The van der Waals surface area contributed by atoms with E-state index in [-0.39, 0.29) is 0 Å². The topological polar surface area (TPSA) is 101 Å². The molecule has 6 nitrogen and oxygen atoms in total. The van der Waals surface area contributed by atoms with E-state index < -0.39 is 35.8 Å². The number of ether oxygens (including phenoxy) is 1. The highest BCUT2D eigenvalue weighted by Crippen LogP contribution is 2.32. The Morgan fingerprint density at radius 1 is 0.840 bits per heavy atom. The van der Waals surface area contributed by atoms with Crippen molar-refractivity contribution in [1.82, 2.24) is 0 Å². The van der Waals surface area contributed by atoms with E-state index in [2.05, 4.69) is 6.92 Å². The van der Waals surface area contributed by atoms with Crippen molar-refractivity contribution in [2.24, 2.45) is 11.8 Å². The average molecular weight is 356 g/mol. The summed E-state index contributed by atoms with van der Waals surface area (Å²) in [4.78, 5) is 33.9. The van der Waals surface area contributed by atoms with Gasteiger partial charge in [0.1, 0.15) is 12.0 Å². The maximum Gasteiger partial charge on any atom is 0.321 e. The molecule has 1 unspecified atom stereocenters. The highest BCUT2D eigenvalue weighted by molar-refractivity contribution is 6.00. The van der Waals surface area contributed by atoms with Crippen molar-refractivity contribution in [1.29, 1.82) is 0 Å². The summed E-state index contributed by atoms with van der Waals surface area (Å²) in [6.45, 7) is 2.22. The molecule has 3 atom stereocenters. The SMILES string of the molecule is CCCCCCCCCCCCC[C@@H]1OC(=O)C(C(=O)O)[C@H]1C(=O)O. The molecule has 6 heteroatoms. The lowest BCUT2D eigenvalue weighted by Gasteiger charge is -2.15. The molecule has 1 rings (SSSR count). The Balaban J connectivity index is 2.14. The molecule has 0 spiro atoms. The predicted octanol–water partition coefficient (Wildman–Crippen LogP) is 4.01. The second kappa shape index (κ2) is 11.9. The monoisotopic (exact) mass is 356 g/mol. The third-order valence-electron chi connectivity index (χ3n) is 4.92. The second-order valence-corrected chi connectivity index (χ2v) is 6.98. The van der Waals surface area contributed by atoms with Gasteiger partial charge in [0.25, 0.3) is 0 Å². The zero-order chi connectivity index (χ0) is 18.7. The lowest BCUT2D eigenvalue weighted by atomic mass is 9.88. The van der Waals surface area contributed by atoms with Crippen LogP contribution in [0.25, 0.3) is 0 Å². The number of cyclic esters (lactones) is 1. The zero-order valence-electron chi connectivity index (χ0n) is 15.2. The molecule has 2 N–H and O–H groups in total. The van der Waals surface area contributed by atoms with Crippen molar-refractivity contribution in [3.05, 3.63) is 0 Å². The number of hydrogen-bond donors (Lipinski definition) is 2. The van der Waals surface area contributed by atoms with Gasteiger partial charge in [-0.15, -0.1) is 0 Å². The van der Waals surface area contributed by atoms with Crippen LogP contribution in [0.1, 0.15) is 84.0 Å². The number of carboxylic acids is 2. The number of esters is 1. The van der Waals surface area contributed by atoms with Gasteiger partial charge in [-0.05, 0) is 12.8 Å². The van der Waals surface area contributed by atoms with Gasteiger partial charge >= 0.3 is 17.9 Å². The molecular weight excluding hydrogens is 324 g/mol. The molecule has 0 aromatic heterocycles. The lowest BCUT2D eigenvalue weighted by Crippen LogP contribution is -2.33. The average Bonchev–Trinajstić information content (AvgIpc) is 2.89. The molecule has 1 fully saturated rings. The number of rotatable bonds is 14. The van der Waals surface area contributed by atoms with Crippen LogP contribution in [-0.2, 0) is 19.1 Å². The quantitative estimate of drug-likeness (QED) is 0.277. The maximum absolute atomic E-state index is 11.6. The van der Waals surface area contributed by atoms with Crippen molar-refractivity contribution in [3.8, 4) is 0 Å². The van der Waals surface area contributed by atoms with Gasteiger partial charge in [0, 0.05) is 0 Å². The van der Waals surface area contributed by atoms with E-state index in [0.717, 1.165) is 19.3 Å². The van der Waals surface area contributed by atoms with E-state index in [1.165, 1.54) is 51.4 Å². The first-order chi connectivity index (χ1) is 12.0. The molecule has 0 amide bonds.